The van der Waals surface area contributed by atoms with E-state index in [0.717, 1.165) is 9.26 Å². The topological polar surface area (TPSA) is 39.2 Å². The number of carbonyl (C=O) groups excluding carboxylic acids is 1. The van der Waals surface area contributed by atoms with Gasteiger partial charge < -0.3 is 4.74 Å². The Morgan fingerprint density at radius 1 is 1.53 bits per heavy atom. The minimum absolute atomic E-state index is 0.167. The fraction of sp³-hybridized carbons (Fsp3) is 0.385. The minimum atomic E-state index is -0.600. The predicted molar refractivity (Wildman–Crippen MR) is 73.6 cm³/mol. The van der Waals surface area contributed by atoms with E-state index in [1.807, 2.05) is 31.2 Å². The van der Waals surface area contributed by atoms with Crippen molar-refractivity contribution in [3.05, 3.63) is 39.7 Å². The average molecular weight is 343 g/mol. The molecule has 1 heterocycles. The molecule has 0 aliphatic heterocycles. The molecule has 0 saturated heterocycles. The zero-order valence-corrected chi connectivity index (χ0v) is 11.8. The molecule has 1 aromatic heterocycles. The SMILES string of the molecule is CCOC(=O)C1(c2cc(I)ccn2)CC=CC1. The van der Waals surface area contributed by atoms with Crippen LogP contribution in [0.2, 0.25) is 0 Å². The second-order valence-corrected chi connectivity index (χ2v) is 5.29. The minimum Gasteiger partial charge on any atom is -0.465 e. The van der Waals surface area contributed by atoms with Crippen LogP contribution in [0, 0.1) is 3.57 Å². The van der Waals surface area contributed by atoms with Crippen LogP contribution in [0.1, 0.15) is 25.5 Å². The van der Waals surface area contributed by atoms with Crippen LogP contribution in [-0.4, -0.2) is 17.6 Å². The molecule has 2 rings (SSSR count). The number of ether oxygens (including phenoxy) is 1. The van der Waals surface area contributed by atoms with Crippen LogP contribution < -0.4 is 0 Å². The summed E-state index contributed by atoms with van der Waals surface area (Å²) in [7, 11) is 0. The summed E-state index contributed by atoms with van der Waals surface area (Å²) in [5, 5.41) is 0. The van der Waals surface area contributed by atoms with Crippen molar-refractivity contribution in [2.24, 2.45) is 0 Å². The van der Waals surface area contributed by atoms with Gasteiger partial charge in [-0.3, -0.25) is 9.78 Å². The summed E-state index contributed by atoms with van der Waals surface area (Å²) >= 11 is 2.23. The molecule has 0 unspecified atom stereocenters. The Morgan fingerprint density at radius 2 is 2.24 bits per heavy atom. The van der Waals surface area contributed by atoms with Gasteiger partial charge in [0, 0.05) is 9.77 Å². The normalized spacial score (nSPS) is 17.1. The number of rotatable bonds is 3. The van der Waals surface area contributed by atoms with E-state index in [2.05, 4.69) is 27.6 Å². The number of hydrogen-bond donors (Lipinski definition) is 0. The Balaban J connectivity index is 2.38. The zero-order chi connectivity index (χ0) is 12.3. The smallest absolute Gasteiger partial charge is 0.318 e. The number of pyridine rings is 1. The standard InChI is InChI=1S/C13H14INO2/c1-2-17-12(16)13(6-3-4-7-13)11-9-10(14)5-8-15-11/h3-5,8-9H,2,6-7H2,1H3. The maximum Gasteiger partial charge on any atom is 0.318 e. The maximum atomic E-state index is 12.2. The molecule has 1 aromatic rings. The third-order valence-electron chi connectivity index (χ3n) is 2.98. The number of esters is 1. The van der Waals surface area contributed by atoms with Crippen LogP contribution in [-0.2, 0) is 14.9 Å². The summed E-state index contributed by atoms with van der Waals surface area (Å²) in [6.45, 7) is 2.24. The molecule has 3 nitrogen and oxygen atoms in total. The second kappa shape index (κ2) is 5.16. The first-order valence-corrected chi connectivity index (χ1v) is 6.71. The van der Waals surface area contributed by atoms with Gasteiger partial charge in [-0.1, -0.05) is 12.2 Å². The van der Waals surface area contributed by atoms with Crippen molar-refractivity contribution in [2.45, 2.75) is 25.2 Å². The third-order valence-corrected chi connectivity index (χ3v) is 3.65. The van der Waals surface area contributed by atoms with Crippen LogP contribution in [0.4, 0.5) is 0 Å². The van der Waals surface area contributed by atoms with Crippen molar-refractivity contribution < 1.29 is 9.53 Å². The third kappa shape index (κ3) is 2.36. The Morgan fingerprint density at radius 3 is 2.82 bits per heavy atom. The molecule has 17 heavy (non-hydrogen) atoms. The monoisotopic (exact) mass is 343 g/mol. The van der Waals surface area contributed by atoms with E-state index in [1.54, 1.807) is 6.20 Å². The lowest BCUT2D eigenvalue weighted by Crippen LogP contribution is -2.36. The van der Waals surface area contributed by atoms with Crippen molar-refractivity contribution in [1.82, 2.24) is 4.98 Å². The molecular formula is C13H14INO2. The molecule has 90 valence electrons. The highest BCUT2D eigenvalue weighted by Gasteiger charge is 2.43. The maximum absolute atomic E-state index is 12.2. The van der Waals surface area contributed by atoms with E-state index >= 15 is 0 Å². The Kier molecular flexibility index (Phi) is 3.81. The van der Waals surface area contributed by atoms with Crippen molar-refractivity contribution in [1.29, 1.82) is 0 Å². The van der Waals surface area contributed by atoms with Gasteiger partial charge in [0.15, 0.2) is 0 Å². The number of nitrogens with zero attached hydrogens (tertiary/aromatic N) is 1. The quantitative estimate of drug-likeness (QED) is 0.481. The van der Waals surface area contributed by atoms with Crippen molar-refractivity contribution in [3.63, 3.8) is 0 Å². The molecule has 0 atom stereocenters. The van der Waals surface area contributed by atoms with Gasteiger partial charge in [-0.2, -0.15) is 0 Å². The molecule has 0 fully saturated rings. The van der Waals surface area contributed by atoms with Crippen LogP contribution >= 0.6 is 22.6 Å². The molecular weight excluding hydrogens is 329 g/mol. The number of halogens is 1. The molecule has 0 spiro atoms. The number of allylic oxidation sites excluding steroid dienone is 2. The highest BCUT2D eigenvalue weighted by atomic mass is 127. The molecule has 0 saturated carbocycles. The van der Waals surface area contributed by atoms with E-state index in [1.165, 1.54) is 0 Å². The number of hydrogen-bond acceptors (Lipinski definition) is 3. The van der Waals surface area contributed by atoms with Gasteiger partial charge in [-0.05, 0) is 54.5 Å². The molecule has 1 aliphatic carbocycles. The molecule has 0 aromatic carbocycles. The fourth-order valence-corrected chi connectivity index (χ4v) is 2.52. The molecule has 0 amide bonds. The van der Waals surface area contributed by atoms with E-state index < -0.39 is 5.41 Å². The van der Waals surface area contributed by atoms with Gasteiger partial charge in [0.2, 0.25) is 0 Å². The highest BCUT2D eigenvalue weighted by molar-refractivity contribution is 14.1. The number of aromatic nitrogens is 1. The first-order valence-electron chi connectivity index (χ1n) is 5.63. The summed E-state index contributed by atoms with van der Waals surface area (Å²) in [5.74, 6) is -0.167. The van der Waals surface area contributed by atoms with E-state index in [-0.39, 0.29) is 5.97 Å². The van der Waals surface area contributed by atoms with Crippen LogP contribution in [0.3, 0.4) is 0 Å². The average Bonchev–Trinajstić information content (AvgIpc) is 2.79. The first-order chi connectivity index (χ1) is 8.19. The molecule has 0 radical (unpaired) electrons. The van der Waals surface area contributed by atoms with Crippen LogP contribution in [0.25, 0.3) is 0 Å². The van der Waals surface area contributed by atoms with Crippen LogP contribution in [0.15, 0.2) is 30.5 Å². The van der Waals surface area contributed by atoms with Crippen molar-refractivity contribution >= 4 is 28.6 Å². The van der Waals surface area contributed by atoms with Gasteiger partial charge in [-0.25, -0.2) is 0 Å². The second-order valence-electron chi connectivity index (χ2n) is 4.04. The predicted octanol–water partition coefficient (Wildman–Crippen LogP) is 2.84. The summed E-state index contributed by atoms with van der Waals surface area (Å²) in [5.41, 5.74) is 0.213. The summed E-state index contributed by atoms with van der Waals surface area (Å²) in [4.78, 5) is 16.5. The Bertz CT molecular complexity index is 448. The van der Waals surface area contributed by atoms with E-state index in [0.29, 0.717) is 19.4 Å². The van der Waals surface area contributed by atoms with Gasteiger partial charge in [-0.15, -0.1) is 0 Å². The van der Waals surface area contributed by atoms with Gasteiger partial charge in [0.25, 0.3) is 0 Å². The Labute approximate surface area is 114 Å². The molecule has 4 heteroatoms. The molecule has 1 aliphatic rings. The lowest BCUT2D eigenvalue weighted by Gasteiger charge is -2.25. The summed E-state index contributed by atoms with van der Waals surface area (Å²) in [6.07, 6.45) is 7.16. The van der Waals surface area contributed by atoms with Crippen molar-refractivity contribution in [2.75, 3.05) is 6.61 Å². The van der Waals surface area contributed by atoms with Gasteiger partial charge >= 0.3 is 5.97 Å². The summed E-state index contributed by atoms with van der Waals surface area (Å²) in [6, 6.07) is 3.88. The largest absolute Gasteiger partial charge is 0.465 e. The van der Waals surface area contributed by atoms with Gasteiger partial charge in [0.05, 0.1) is 12.3 Å². The Hall–Kier alpha value is -0.910. The highest BCUT2D eigenvalue weighted by Crippen LogP contribution is 2.37. The van der Waals surface area contributed by atoms with Crippen LogP contribution in [0.5, 0.6) is 0 Å². The first kappa shape index (κ1) is 12.5. The molecule has 0 bridgehead atoms. The zero-order valence-electron chi connectivity index (χ0n) is 9.65. The van der Waals surface area contributed by atoms with Gasteiger partial charge in [0.1, 0.15) is 5.41 Å². The fourth-order valence-electron chi connectivity index (χ4n) is 2.07. The lowest BCUT2D eigenvalue weighted by atomic mass is 9.81. The van der Waals surface area contributed by atoms with E-state index in [4.69, 9.17) is 4.74 Å². The summed E-state index contributed by atoms with van der Waals surface area (Å²) < 4.78 is 6.29. The number of carbonyl (C=O) groups is 1. The van der Waals surface area contributed by atoms with Crippen molar-refractivity contribution in [3.8, 4) is 0 Å². The lowest BCUT2D eigenvalue weighted by molar-refractivity contribution is -0.150. The molecule has 0 N–H and O–H groups in total. The van der Waals surface area contributed by atoms with E-state index in [9.17, 15) is 4.79 Å².